The smallest absolute Gasteiger partial charge is 0.410 e. The second kappa shape index (κ2) is 9.47. The standard InChI is InChI=1S/C21H27ClFN5O2/c1-21(2,3)30-20(29)28-9-7-14(8-10-28)27-18-11-15(25-13-26-18)12-24-19-16(22)5-4-6-17(19)23/h4-6,11,13-14,24H,7-10,12H2,1-3H3,(H,25,26,27). The Morgan fingerprint density at radius 2 is 2.03 bits per heavy atom. The number of piperidine rings is 1. The van der Waals surface area contributed by atoms with Gasteiger partial charge in [0.05, 0.1) is 22.9 Å². The highest BCUT2D eigenvalue weighted by atomic mass is 35.5. The molecule has 3 rings (SSSR count). The molecule has 30 heavy (non-hydrogen) atoms. The van der Waals surface area contributed by atoms with Crippen LogP contribution in [0.3, 0.4) is 0 Å². The number of para-hydroxylation sites is 1. The predicted octanol–water partition coefficient (Wildman–Crippen LogP) is 4.69. The van der Waals surface area contributed by atoms with Crippen LogP contribution in [0, 0.1) is 5.82 Å². The van der Waals surface area contributed by atoms with Crippen LogP contribution in [0.2, 0.25) is 5.02 Å². The molecule has 0 saturated carbocycles. The molecule has 1 aliphatic rings. The average molecular weight is 436 g/mol. The Hall–Kier alpha value is -2.61. The Bertz CT molecular complexity index is 862. The molecule has 1 aromatic carbocycles. The minimum absolute atomic E-state index is 0.195. The lowest BCUT2D eigenvalue weighted by atomic mass is 10.1. The second-order valence-electron chi connectivity index (χ2n) is 8.23. The molecule has 0 bridgehead atoms. The van der Waals surface area contributed by atoms with Crippen molar-refractivity contribution in [3.63, 3.8) is 0 Å². The monoisotopic (exact) mass is 435 g/mol. The summed E-state index contributed by atoms with van der Waals surface area (Å²) in [6.45, 7) is 7.15. The number of rotatable bonds is 5. The van der Waals surface area contributed by atoms with E-state index in [1.807, 2.05) is 26.8 Å². The van der Waals surface area contributed by atoms with Gasteiger partial charge in [-0.25, -0.2) is 19.2 Å². The second-order valence-corrected chi connectivity index (χ2v) is 8.64. The SMILES string of the molecule is CC(C)(C)OC(=O)N1CCC(Nc2cc(CNc3c(F)cccc3Cl)ncn2)CC1. The maximum atomic E-state index is 13.9. The normalized spacial score (nSPS) is 15.0. The third-order valence-corrected chi connectivity index (χ3v) is 4.95. The highest BCUT2D eigenvalue weighted by Crippen LogP contribution is 2.25. The van der Waals surface area contributed by atoms with Gasteiger partial charge in [-0.3, -0.25) is 0 Å². The molecule has 2 aromatic rings. The maximum Gasteiger partial charge on any atom is 0.410 e. The van der Waals surface area contributed by atoms with Gasteiger partial charge in [0.2, 0.25) is 0 Å². The van der Waals surface area contributed by atoms with E-state index in [4.69, 9.17) is 16.3 Å². The minimum atomic E-state index is -0.496. The molecular weight excluding hydrogens is 409 g/mol. The van der Waals surface area contributed by atoms with Crippen molar-refractivity contribution in [2.24, 2.45) is 0 Å². The predicted molar refractivity (Wildman–Crippen MR) is 115 cm³/mol. The van der Waals surface area contributed by atoms with Crippen molar-refractivity contribution < 1.29 is 13.9 Å². The number of anilines is 2. The number of carbonyl (C=O) groups is 1. The number of benzene rings is 1. The number of nitrogens with one attached hydrogen (secondary N) is 2. The maximum absolute atomic E-state index is 13.9. The fraction of sp³-hybridized carbons (Fsp3) is 0.476. The molecule has 9 heteroatoms. The molecular formula is C21H27ClFN5O2. The molecule has 0 aliphatic carbocycles. The van der Waals surface area contributed by atoms with Crippen molar-refractivity contribution in [1.82, 2.24) is 14.9 Å². The number of ether oxygens (including phenoxy) is 1. The first kappa shape index (κ1) is 22.1. The van der Waals surface area contributed by atoms with Crippen LogP contribution >= 0.6 is 11.6 Å². The van der Waals surface area contributed by atoms with Crippen molar-refractivity contribution >= 4 is 29.2 Å². The molecule has 1 saturated heterocycles. The van der Waals surface area contributed by atoms with Gasteiger partial charge in [0.15, 0.2) is 0 Å². The van der Waals surface area contributed by atoms with Gasteiger partial charge in [0.1, 0.15) is 23.6 Å². The summed E-state index contributed by atoms with van der Waals surface area (Å²) in [7, 11) is 0. The fourth-order valence-corrected chi connectivity index (χ4v) is 3.39. The molecule has 0 spiro atoms. The third-order valence-electron chi connectivity index (χ3n) is 4.63. The fourth-order valence-electron chi connectivity index (χ4n) is 3.16. The summed E-state index contributed by atoms with van der Waals surface area (Å²) < 4.78 is 19.3. The van der Waals surface area contributed by atoms with Gasteiger partial charge in [-0.2, -0.15) is 0 Å². The number of hydrogen-bond donors (Lipinski definition) is 2. The van der Waals surface area contributed by atoms with Gasteiger partial charge in [-0.15, -0.1) is 0 Å². The molecule has 162 valence electrons. The van der Waals surface area contributed by atoms with Crippen molar-refractivity contribution in [3.8, 4) is 0 Å². The van der Waals surface area contributed by atoms with E-state index in [-0.39, 0.29) is 17.8 Å². The first-order valence-corrected chi connectivity index (χ1v) is 10.3. The quantitative estimate of drug-likeness (QED) is 0.709. The van der Waals surface area contributed by atoms with Crippen LogP contribution in [0.1, 0.15) is 39.3 Å². The van der Waals surface area contributed by atoms with Gasteiger partial charge in [-0.05, 0) is 45.7 Å². The van der Waals surface area contributed by atoms with E-state index in [2.05, 4.69) is 20.6 Å². The van der Waals surface area contributed by atoms with Crippen LogP contribution in [0.4, 0.5) is 20.7 Å². The van der Waals surface area contributed by atoms with Crippen LogP contribution in [0.15, 0.2) is 30.6 Å². The third kappa shape index (κ3) is 6.19. The van der Waals surface area contributed by atoms with E-state index in [0.29, 0.717) is 36.2 Å². The molecule has 0 radical (unpaired) electrons. The number of aromatic nitrogens is 2. The molecule has 2 heterocycles. The Morgan fingerprint density at radius 1 is 1.30 bits per heavy atom. The van der Waals surface area contributed by atoms with E-state index < -0.39 is 11.4 Å². The van der Waals surface area contributed by atoms with Crippen molar-refractivity contribution in [2.75, 3.05) is 23.7 Å². The lowest BCUT2D eigenvalue weighted by molar-refractivity contribution is 0.0210. The van der Waals surface area contributed by atoms with E-state index in [0.717, 1.165) is 12.8 Å². The first-order valence-electron chi connectivity index (χ1n) is 9.94. The number of nitrogens with zero attached hydrogens (tertiary/aromatic N) is 3. The first-order chi connectivity index (χ1) is 14.2. The summed E-state index contributed by atoms with van der Waals surface area (Å²) in [4.78, 5) is 22.4. The summed E-state index contributed by atoms with van der Waals surface area (Å²) in [5.41, 5.74) is 0.463. The van der Waals surface area contributed by atoms with Crippen molar-refractivity contribution in [3.05, 3.63) is 47.1 Å². The topological polar surface area (TPSA) is 79.4 Å². The zero-order valence-corrected chi connectivity index (χ0v) is 18.2. The molecule has 2 N–H and O–H groups in total. The highest BCUT2D eigenvalue weighted by Gasteiger charge is 2.27. The molecule has 0 unspecified atom stereocenters. The Labute approximate surface area is 181 Å². The molecule has 0 atom stereocenters. The lowest BCUT2D eigenvalue weighted by Gasteiger charge is -2.33. The van der Waals surface area contributed by atoms with Crippen LogP contribution < -0.4 is 10.6 Å². The van der Waals surface area contributed by atoms with E-state index >= 15 is 0 Å². The Kier molecular flexibility index (Phi) is 6.97. The zero-order chi connectivity index (χ0) is 21.7. The van der Waals surface area contributed by atoms with E-state index in [9.17, 15) is 9.18 Å². The van der Waals surface area contributed by atoms with Gasteiger partial charge < -0.3 is 20.3 Å². The summed E-state index contributed by atoms with van der Waals surface area (Å²) in [5, 5.41) is 6.69. The minimum Gasteiger partial charge on any atom is -0.444 e. The van der Waals surface area contributed by atoms with Crippen LogP contribution in [0.5, 0.6) is 0 Å². The number of likely N-dealkylation sites (tertiary alicyclic amines) is 1. The largest absolute Gasteiger partial charge is 0.444 e. The van der Waals surface area contributed by atoms with Crippen LogP contribution in [-0.4, -0.2) is 45.7 Å². The molecule has 1 amide bonds. The van der Waals surface area contributed by atoms with Gasteiger partial charge in [0.25, 0.3) is 0 Å². The summed E-state index contributed by atoms with van der Waals surface area (Å²) >= 11 is 6.04. The number of hydrogen-bond acceptors (Lipinski definition) is 6. The Morgan fingerprint density at radius 3 is 2.70 bits per heavy atom. The highest BCUT2D eigenvalue weighted by molar-refractivity contribution is 6.33. The molecule has 1 fully saturated rings. The zero-order valence-electron chi connectivity index (χ0n) is 17.4. The van der Waals surface area contributed by atoms with Crippen LogP contribution in [-0.2, 0) is 11.3 Å². The van der Waals surface area contributed by atoms with Gasteiger partial charge >= 0.3 is 6.09 Å². The summed E-state index contributed by atoms with van der Waals surface area (Å²) in [6.07, 6.45) is 2.78. The number of halogens is 2. The molecule has 1 aliphatic heterocycles. The van der Waals surface area contributed by atoms with Crippen LogP contribution in [0.25, 0.3) is 0 Å². The molecule has 7 nitrogen and oxygen atoms in total. The number of amides is 1. The number of carbonyl (C=O) groups excluding carboxylic acids is 1. The van der Waals surface area contributed by atoms with Crippen molar-refractivity contribution in [2.45, 2.75) is 51.8 Å². The van der Waals surface area contributed by atoms with Gasteiger partial charge in [0, 0.05) is 25.2 Å². The summed E-state index contributed by atoms with van der Waals surface area (Å²) in [6, 6.07) is 6.56. The Balaban J connectivity index is 1.52. The van der Waals surface area contributed by atoms with Crippen molar-refractivity contribution in [1.29, 1.82) is 0 Å². The summed E-state index contributed by atoms with van der Waals surface area (Å²) in [5.74, 6) is 0.281. The van der Waals surface area contributed by atoms with E-state index in [1.165, 1.54) is 12.4 Å². The lowest BCUT2D eigenvalue weighted by Crippen LogP contribution is -2.44. The van der Waals surface area contributed by atoms with E-state index in [1.54, 1.807) is 17.0 Å². The van der Waals surface area contributed by atoms with Gasteiger partial charge in [-0.1, -0.05) is 17.7 Å². The molecule has 1 aromatic heterocycles. The average Bonchev–Trinajstić information content (AvgIpc) is 2.67.